The van der Waals surface area contributed by atoms with Gasteiger partial charge in [-0.25, -0.2) is 0 Å². The average molecular weight is 193 g/mol. The third kappa shape index (κ3) is 2.61. The van der Waals surface area contributed by atoms with Gasteiger partial charge >= 0.3 is 0 Å². The summed E-state index contributed by atoms with van der Waals surface area (Å²) in [5.74, 6) is 0.714. The highest BCUT2D eigenvalue weighted by Crippen LogP contribution is 2.29. The first-order chi connectivity index (χ1) is 5.56. The summed E-state index contributed by atoms with van der Waals surface area (Å²) in [6.07, 6.45) is 1.01. The molecular weight excluding hydrogens is 176 g/mol. The summed E-state index contributed by atoms with van der Waals surface area (Å²) in [4.78, 5) is 0. The van der Waals surface area contributed by atoms with Gasteiger partial charge in [-0.3, -0.25) is 0 Å². The molecule has 0 aromatic heterocycles. The van der Waals surface area contributed by atoms with Crippen LogP contribution >= 0.6 is 11.6 Å². The molecule has 1 aliphatic rings. The lowest BCUT2D eigenvalue weighted by Gasteiger charge is -2.24. The molecule has 0 aliphatic carbocycles. The molecular formula is C9H17ClO2. The first-order valence-corrected chi connectivity index (χ1v) is 4.97. The van der Waals surface area contributed by atoms with Gasteiger partial charge in [0.2, 0.25) is 0 Å². The Morgan fingerprint density at radius 2 is 2.25 bits per heavy atom. The Morgan fingerprint density at radius 1 is 1.58 bits per heavy atom. The Labute approximate surface area is 79.2 Å². The molecule has 2 nitrogen and oxygen atoms in total. The Bertz CT molecular complexity index is 149. The summed E-state index contributed by atoms with van der Waals surface area (Å²) in [6.45, 7) is 6.93. The van der Waals surface area contributed by atoms with Gasteiger partial charge in [-0.1, -0.05) is 13.8 Å². The number of rotatable bonds is 3. The smallest absolute Gasteiger partial charge is 0.166 e. The number of hydrogen-bond donors (Lipinski definition) is 0. The lowest BCUT2D eigenvalue weighted by Crippen LogP contribution is -2.28. The quantitative estimate of drug-likeness (QED) is 0.640. The van der Waals surface area contributed by atoms with Crippen molar-refractivity contribution >= 4 is 11.6 Å². The van der Waals surface area contributed by atoms with E-state index in [4.69, 9.17) is 21.1 Å². The van der Waals surface area contributed by atoms with Crippen LogP contribution in [0.15, 0.2) is 0 Å². The van der Waals surface area contributed by atoms with E-state index in [0.717, 1.165) is 6.42 Å². The molecule has 1 rings (SSSR count). The van der Waals surface area contributed by atoms with Crippen molar-refractivity contribution in [2.75, 3.05) is 12.5 Å². The molecule has 0 amide bonds. The molecule has 2 atom stereocenters. The molecule has 0 spiro atoms. The predicted molar refractivity (Wildman–Crippen MR) is 49.4 cm³/mol. The van der Waals surface area contributed by atoms with Crippen LogP contribution in [0, 0.1) is 5.92 Å². The minimum absolute atomic E-state index is 0.0791. The molecule has 12 heavy (non-hydrogen) atoms. The molecule has 3 heteroatoms. The van der Waals surface area contributed by atoms with E-state index in [0.29, 0.717) is 18.4 Å². The van der Waals surface area contributed by atoms with Crippen LogP contribution in [-0.2, 0) is 9.47 Å². The Kier molecular flexibility index (Phi) is 3.38. The molecule has 1 saturated heterocycles. The molecule has 72 valence electrons. The monoisotopic (exact) mass is 192 g/mol. The third-order valence-corrected chi connectivity index (χ3v) is 2.29. The van der Waals surface area contributed by atoms with Gasteiger partial charge in [-0.05, 0) is 12.8 Å². The summed E-state index contributed by atoms with van der Waals surface area (Å²) in [5.41, 5.74) is 0. The van der Waals surface area contributed by atoms with Gasteiger partial charge in [0.1, 0.15) is 0 Å². The zero-order valence-electron chi connectivity index (χ0n) is 7.97. The van der Waals surface area contributed by atoms with Crippen LogP contribution < -0.4 is 0 Å². The van der Waals surface area contributed by atoms with E-state index in [-0.39, 0.29) is 6.10 Å². The van der Waals surface area contributed by atoms with Gasteiger partial charge in [-0.15, -0.1) is 11.6 Å². The van der Waals surface area contributed by atoms with Crippen molar-refractivity contribution < 1.29 is 9.47 Å². The van der Waals surface area contributed by atoms with Crippen LogP contribution in [0.4, 0.5) is 0 Å². The second kappa shape index (κ2) is 3.95. The fraction of sp³-hybridized carbons (Fsp3) is 1.00. The lowest BCUT2D eigenvalue weighted by atomic mass is 10.0. The zero-order chi connectivity index (χ0) is 9.19. The van der Waals surface area contributed by atoms with Crippen molar-refractivity contribution in [2.45, 2.75) is 39.1 Å². The van der Waals surface area contributed by atoms with Gasteiger partial charge < -0.3 is 9.47 Å². The summed E-state index contributed by atoms with van der Waals surface area (Å²) in [7, 11) is 0. The van der Waals surface area contributed by atoms with Gasteiger partial charge in [0.15, 0.2) is 5.79 Å². The normalized spacial score (nSPS) is 36.2. The van der Waals surface area contributed by atoms with Crippen molar-refractivity contribution in [3.8, 4) is 0 Å². The highest BCUT2D eigenvalue weighted by molar-refractivity contribution is 6.18. The van der Waals surface area contributed by atoms with E-state index in [1.165, 1.54) is 0 Å². The molecule has 0 unspecified atom stereocenters. The molecule has 1 heterocycles. The van der Waals surface area contributed by atoms with Gasteiger partial charge in [-0.2, -0.15) is 0 Å². The maximum absolute atomic E-state index is 5.67. The van der Waals surface area contributed by atoms with Gasteiger partial charge in [0.25, 0.3) is 0 Å². The van der Waals surface area contributed by atoms with Crippen LogP contribution in [0.1, 0.15) is 27.2 Å². The highest BCUT2D eigenvalue weighted by Gasteiger charge is 2.36. The SMILES string of the molecule is CC(C)C[C@]1(C)OC[C@@H](CCl)O1. The maximum Gasteiger partial charge on any atom is 0.166 e. The molecule has 0 radical (unpaired) electrons. The molecule has 0 aromatic rings. The standard InChI is InChI=1S/C9H17ClO2/c1-7(2)4-9(3)11-6-8(5-10)12-9/h7-8H,4-6H2,1-3H3/t8-,9-/m1/s1. The second-order valence-electron chi connectivity index (χ2n) is 3.94. The fourth-order valence-corrected chi connectivity index (χ4v) is 1.77. The second-order valence-corrected chi connectivity index (χ2v) is 4.25. The first-order valence-electron chi connectivity index (χ1n) is 4.43. The van der Waals surface area contributed by atoms with Crippen LogP contribution in [0.25, 0.3) is 0 Å². The summed E-state index contributed by atoms with van der Waals surface area (Å²) < 4.78 is 11.2. The van der Waals surface area contributed by atoms with Crippen molar-refractivity contribution in [1.82, 2.24) is 0 Å². The van der Waals surface area contributed by atoms with E-state index in [2.05, 4.69) is 13.8 Å². The van der Waals surface area contributed by atoms with Crippen molar-refractivity contribution in [3.05, 3.63) is 0 Å². The van der Waals surface area contributed by atoms with Crippen molar-refractivity contribution in [3.63, 3.8) is 0 Å². The number of ether oxygens (including phenoxy) is 2. The van der Waals surface area contributed by atoms with E-state index in [9.17, 15) is 0 Å². The maximum atomic E-state index is 5.67. The Hall–Kier alpha value is 0.210. The molecule has 1 fully saturated rings. The van der Waals surface area contributed by atoms with E-state index in [1.54, 1.807) is 0 Å². The first kappa shape index (κ1) is 10.3. The molecule has 0 bridgehead atoms. The predicted octanol–water partition coefficient (Wildman–Crippen LogP) is 2.40. The highest BCUT2D eigenvalue weighted by atomic mass is 35.5. The molecule has 0 N–H and O–H groups in total. The summed E-state index contributed by atoms with van der Waals surface area (Å²) in [6, 6.07) is 0. The fourth-order valence-electron chi connectivity index (χ4n) is 1.61. The zero-order valence-corrected chi connectivity index (χ0v) is 8.73. The number of alkyl halides is 1. The van der Waals surface area contributed by atoms with Crippen LogP contribution in [0.3, 0.4) is 0 Å². The molecule has 0 saturated carbocycles. The Balaban J connectivity index is 2.41. The number of hydrogen-bond acceptors (Lipinski definition) is 2. The average Bonchev–Trinajstić information content (AvgIpc) is 2.30. The van der Waals surface area contributed by atoms with Crippen molar-refractivity contribution in [2.24, 2.45) is 5.92 Å². The Morgan fingerprint density at radius 3 is 2.67 bits per heavy atom. The van der Waals surface area contributed by atoms with Gasteiger partial charge in [0.05, 0.1) is 18.6 Å². The summed E-state index contributed by atoms with van der Waals surface area (Å²) in [5, 5.41) is 0. The lowest BCUT2D eigenvalue weighted by molar-refractivity contribution is -0.162. The van der Waals surface area contributed by atoms with Crippen LogP contribution in [0.2, 0.25) is 0 Å². The van der Waals surface area contributed by atoms with E-state index < -0.39 is 5.79 Å². The minimum Gasteiger partial charge on any atom is -0.347 e. The van der Waals surface area contributed by atoms with Crippen LogP contribution in [0.5, 0.6) is 0 Å². The third-order valence-electron chi connectivity index (χ3n) is 1.94. The molecule has 1 aliphatic heterocycles. The number of halogens is 1. The molecule has 0 aromatic carbocycles. The van der Waals surface area contributed by atoms with Crippen molar-refractivity contribution in [1.29, 1.82) is 0 Å². The largest absolute Gasteiger partial charge is 0.347 e. The minimum atomic E-state index is -0.395. The topological polar surface area (TPSA) is 18.5 Å². The van der Waals surface area contributed by atoms with E-state index >= 15 is 0 Å². The summed E-state index contributed by atoms with van der Waals surface area (Å²) >= 11 is 5.67. The van der Waals surface area contributed by atoms with Gasteiger partial charge in [0, 0.05) is 6.42 Å². The van der Waals surface area contributed by atoms with Crippen LogP contribution in [-0.4, -0.2) is 24.4 Å². The van der Waals surface area contributed by atoms with E-state index in [1.807, 2.05) is 6.92 Å².